The average molecular weight is 218 g/mol. The van der Waals surface area contributed by atoms with Crippen LogP contribution < -0.4 is 9.98 Å². The van der Waals surface area contributed by atoms with Gasteiger partial charge in [0.05, 0.1) is 6.10 Å². The van der Waals surface area contributed by atoms with Crippen molar-refractivity contribution < 1.29 is 18.7 Å². The second-order valence-electron chi connectivity index (χ2n) is 3.27. The Morgan fingerprint density at radius 3 is 2.93 bits per heavy atom. The summed E-state index contributed by atoms with van der Waals surface area (Å²) in [5.41, 5.74) is 0. The Balaban J connectivity index is 2.55. The molecule has 1 N–H and O–H groups in total. The van der Waals surface area contributed by atoms with Gasteiger partial charge in [-0.25, -0.2) is 0 Å². The van der Waals surface area contributed by atoms with Crippen LogP contribution in [-0.4, -0.2) is 33.1 Å². The molecule has 0 saturated carbocycles. The van der Waals surface area contributed by atoms with Crippen molar-refractivity contribution in [3.63, 3.8) is 0 Å². The first-order valence-corrected chi connectivity index (χ1v) is 6.08. The van der Waals surface area contributed by atoms with E-state index in [2.05, 4.69) is 9.61 Å². The molecule has 0 aromatic rings. The summed E-state index contributed by atoms with van der Waals surface area (Å²) < 4.78 is 20.8. The maximum atomic E-state index is 11.1. The van der Waals surface area contributed by atoms with Gasteiger partial charge >= 0.3 is 0 Å². The first-order chi connectivity index (χ1) is 6.48. The molecule has 0 aliphatic carbocycles. The van der Waals surface area contributed by atoms with E-state index in [0.717, 1.165) is 13.5 Å². The molecule has 0 spiro atoms. The maximum Gasteiger partial charge on any atom is 0.204 e. The van der Waals surface area contributed by atoms with E-state index in [1.807, 2.05) is 6.92 Å². The van der Waals surface area contributed by atoms with Crippen molar-refractivity contribution in [2.75, 3.05) is 7.11 Å². The summed E-state index contributed by atoms with van der Waals surface area (Å²) in [5.74, 6) is 0. The lowest BCUT2D eigenvalue weighted by Crippen LogP contribution is -2.37. The van der Waals surface area contributed by atoms with Gasteiger partial charge < -0.3 is 14.2 Å². The molecule has 1 aliphatic rings. The Kier molecular flexibility index (Phi) is 4.16. The monoisotopic (exact) mass is 218 g/mol. The van der Waals surface area contributed by atoms with Crippen molar-refractivity contribution in [2.24, 2.45) is 0 Å². The molecule has 5 nitrogen and oxygen atoms in total. The van der Waals surface area contributed by atoms with E-state index in [-0.39, 0.29) is 12.1 Å². The van der Waals surface area contributed by atoms with E-state index < -0.39 is 13.7 Å². The number of rotatable bonds is 4. The zero-order valence-electron chi connectivity index (χ0n) is 8.30. The standard InChI is InChI=1S/C7H15BNO4P/c1-3-6-5(4-7(8)13-6)9-14(10,11)12-2/h5-7H,3-4H2,1-2H3,(H2,9,10,11)/p-1/t5?,6-,7-/m1/s1. The molecule has 0 aromatic heterocycles. The predicted molar refractivity (Wildman–Crippen MR) is 50.9 cm³/mol. The van der Waals surface area contributed by atoms with Gasteiger partial charge in [0.15, 0.2) is 0 Å². The lowest BCUT2D eigenvalue weighted by molar-refractivity contribution is -0.201. The molecular weight excluding hydrogens is 204 g/mol. The van der Waals surface area contributed by atoms with Crippen molar-refractivity contribution in [3.05, 3.63) is 0 Å². The quantitative estimate of drug-likeness (QED) is 0.520. The molecule has 2 radical (unpaired) electrons. The Labute approximate surface area is 85.2 Å². The Morgan fingerprint density at radius 1 is 1.79 bits per heavy atom. The summed E-state index contributed by atoms with van der Waals surface area (Å²) in [7, 11) is 2.74. The van der Waals surface area contributed by atoms with Crippen LogP contribution in [0, 0.1) is 0 Å². The topological polar surface area (TPSA) is 70.6 Å². The second kappa shape index (κ2) is 4.77. The van der Waals surface area contributed by atoms with Gasteiger partial charge in [-0.15, -0.1) is 0 Å². The molecule has 14 heavy (non-hydrogen) atoms. The van der Waals surface area contributed by atoms with Crippen LogP contribution in [0.5, 0.6) is 0 Å². The lowest BCUT2D eigenvalue weighted by Gasteiger charge is -2.28. The van der Waals surface area contributed by atoms with E-state index in [1.54, 1.807) is 0 Å². The Hall–Kier alpha value is 0.135. The summed E-state index contributed by atoms with van der Waals surface area (Å²) in [4.78, 5) is 11.1. The first-order valence-electron chi connectivity index (χ1n) is 4.54. The molecule has 80 valence electrons. The molecule has 4 atom stereocenters. The van der Waals surface area contributed by atoms with Gasteiger partial charge in [0, 0.05) is 19.2 Å². The highest BCUT2D eigenvalue weighted by molar-refractivity contribution is 7.49. The predicted octanol–water partition coefficient (Wildman–Crippen LogP) is -0.247. The number of nitrogens with one attached hydrogen (secondary N) is 1. The second-order valence-corrected chi connectivity index (χ2v) is 4.89. The van der Waals surface area contributed by atoms with Gasteiger partial charge in [0.25, 0.3) is 0 Å². The fourth-order valence-electron chi connectivity index (χ4n) is 1.55. The fraction of sp³-hybridized carbons (Fsp3) is 1.00. The lowest BCUT2D eigenvalue weighted by atomic mass is 9.95. The molecule has 1 heterocycles. The highest BCUT2D eigenvalue weighted by Crippen LogP contribution is 2.34. The van der Waals surface area contributed by atoms with Gasteiger partial charge in [-0.3, -0.25) is 9.65 Å². The Bertz CT molecular complexity index is 240. The maximum absolute atomic E-state index is 11.1. The summed E-state index contributed by atoms with van der Waals surface area (Å²) in [6.45, 7) is 1.92. The van der Waals surface area contributed by atoms with Crippen LogP contribution in [0.25, 0.3) is 0 Å². The third kappa shape index (κ3) is 3.07. The summed E-state index contributed by atoms with van der Waals surface area (Å²) in [6.07, 6.45) is 1.03. The molecule has 1 aliphatic heterocycles. The van der Waals surface area contributed by atoms with Crippen LogP contribution in [0.15, 0.2) is 0 Å². The molecule has 1 fully saturated rings. The van der Waals surface area contributed by atoms with Crippen molar-refractivity contribution in [3.8, 4) is 0 Å². The van der Waals surface area contributed by atoms with E-state index in [9.17, 15) is 9.46 Å². The molecular formula is C7H14BNO4P-. The van der Waals surface area contributed by atoms with Gasteiger partial charge in [-0.1, -0.05) is 6.92 Å². The highest BCUT2D eigenvalue weighted by atomic mass is 31.2. The summed E-state index contributed by atoms with van der Waals surface area (Å²) >= 11 is 0. The van der Waals surface area contributed by atoms with Crippen LogP contribution in [0.2, 0.25) is 0 Å². The minimum absolute atomic E-state index is 0.164. The van der Waals surface area contributed by atoms with E-state index in [4.69, 9.17) is 12.6 Å². The molecule has 1 rings (SSSR count). The zero-order chi connectivity index (χ0) is 10.8. The van der Waals surface area contributed by atoms with Crippen molar-refractivity contribution in [1.29, 1.82) is 0 Å². The fourth-order valence-corrected chi connectivity index (χ4v) is 2.33. The average Bonchev–Trinajstić information content (AvgIpc) is 2.45. The van der Waals surface area contributed by atoms with Crippen LogP contribution >= 0.6 is 7.75 Å². The molecule has 7 heteroatoms. The molecule has 0 amide bonds. The van der Waals surface area contributed by atoms with Gasteiger partial charge in [-0.05, 0) is 12.8 Å². The minimum Gasteiger partial charge on any atom is -0.766 e. The van der Waals surface area contributed by atoms with Gasteiger partial charge in [-0.2, -0.15) is 0 Å². The first kappa shape index (κ1) is 12.2. The Morgan fingerprint density at radius 2 is 2.43 bits per heavy atom. The minimum atomic E-state index is -3.94. The molecule has 0 aromatic carbocycles. The van der Waals surface area contributed by atoms with Gasteiger partial charge in [0.1, 0.15) is 7.85 Å². The molecule has 1 saturated heterocycles. The largest absolute Gasteiger partial charge is 0.766 e. The van der Waals surface area contributed by atoms with Crippen LogP contribution in [0.1, 0.15) is 19.8 Å². The van der Waals surface area contributed by atoms with Crippen LogP contribution in [-0.2, 0) is 13.8 Å². The van der Waals surface area contributed by atoms with Crippen molar-refractivity contribution >= 4 is 15.6 Å². The highest BCUT2D eigenvalue weighted by Gasteiger charge is 2.32. The number of hydrogen-bond donors (Lipinski definition) is 1. The van der Waals surface area contributed by atoms with E-state index in [0.29, 0.717) is 6.42 Å². The molecule has 2 unspecified atom stereocenters. The zero-order valence-corrected chi connectivity index (χ0v) is 9.20. The van der Waals surface area contributed by atoms with Gasteiger partial charge in [0.2, 0.25) is 7.75 Å². The van der Waals surface area contributed by atoms with Crippen molar-refractivity contribution in [2.45, 2.75) is 37.9 Å². The summed E-state index contributed by atoms with van der Waals surface area (Å²) in [5, 5.41) is 2.41. The van der Waals surface area contributed by atoms with E-state index in [1.165, 1.54) is 0 Å². The normalized spacial score (nSPS) is 36.9. The third-order valence-electron chi connectivity index (χ3n) is 2.25. The number of hydrogen-bond acceptors (Lipinski definition) is 4. The number of ether oxygens (including phenoxy) is 1. The smallest absolute Gasteiger partial charge is 0.204 e. The SMILES string of the molecule is [B][C@H]1CC(NP(=O)([O-])OC)[C@@H](CC)O1. The molecule has 0 bridgehead atoms. The van der Waals surface area contributed by atoms with E-state index >= 15 is 0 Å². The van der Waals surface area contributed by atoms with Crippen molar-refractivity contribution in [1.82, 2.24) is 5.09 Å². The van der Waals surface area contributed by atoms with Crippen LogP contribution in [0.3, 0.4) is 0 Å². The van der Waals surface area contributed by atoms with Crippen LogP contribution in [0.4, 0.5) is 0 Å². The third-order valence-corrected chi connectivity index (χ3v) is 3.38. The summed E-state index contributed by atoms with van der Waals surface area (Å²) in [6, 6.07) is -0.674.